The molecule has 1 aromatic heterocycles. The normalized spacial score (nSPS) is 18.5. The lowest BCUT2D eigenvalue weighted by atomic mass is 10.0. The molecule has 1 aromatic carbocycles. The number of hydrogen-bond acceptors (Lipinski definition) is 5. The largest absolute Gasteiger partial charge is 0.380 e. The molecular formula is C21H25ClN2O4S. The number of carbonyl (C=O) groups is 2. The Morgan fingerprint density at radius 3 is 2.79 bits per heavy atom. The number of benzene rings is 1. The summed E-state index contributed by atoms with van der Waals surface area (Å²) in [5, 5.41) is 25.7. The van der Waals surface area contributed by atoms with Crippen LogP contribution in [-0.2, 0) is 16.0 Å². The SMILES string of the molecule is Cc1cc(C2CCCN2C(=O)[C@H](O)[C@@H](O)C(=O)NCCc2cccs2)ccc1Cl. The summed E-state index contributed by atoms with van der Waals surface area (Å²) >= 11 is 7.67. The van der Waals surface area contributed by atoms with Crippen LogP contribution in [0.3, 0.4) is 0 Å². The van der Waals surface area contributed by atoms with E-state index in [0.29, 0.717) is 24.5 Å². The summed E-state index contributed by atoms with van der Waals surface area (Å²) in [5.41, 5.74) is 1.84. The van der Waals surface area contributed by atoms with Crippen molar-refractivity contribution in [2.75, 3.05) is 13.1 Å². The van der Waals surface area contributed by atoms with Crippen molar-refractivity contribution in [3.8, 4) is 0 Å². The van der Waals surface area contributed by atoms with Crippen LogP contribution in [0.5, 0.6) is 0 Å². The number of halogens is 1. The minimum atomic E-state index is -1.81. The third kappa shape index (κ3) is 5.17. The number of carbonyl (C=O) groups excluding carboxylic acids is 2. The zero-order valence-electron chi connectivity index (χ0n) is 16.2. The number of rotatable bonds is 7. The molecule has 3 atom stereocenters. The van der Waals surface area contributed by atoms with Gasteiger partial charge in [-0.1, -0.05) is 29.8 Å². The van der Waals surface area contributed by atoms with Gasteiger partial charge in [0.15, 0.2) is 12.2 Å². The molecule has 2 heterocycles. The molecule has 156 valence electrons. The van der Waals surface area contributed by atoms with Crippen LogP contribution in [0.2, 0.25) is 5.02 Å². The summed E-state index contributed by atoms with van der Waals surface area (Å²) in [6, 6.07) is 9.26. The third-order valence-corrected chi connectivity index (χ3v) is 6.53. The summed E-state index contributed by atoms with van der Waals surface area (Å²) in [4.78, 5) is 27.6. The second-order valence-corrected chi connectivity index (χ2v) is 8.65. The first-order chi connectivity index (χ1) is 13.9. The molecule has 3 rings (SSSR count). The highest BCUT2D eigenvalue weighted by Gasteiger charge is 2.38. The number of thiophene rings is 1. The summed E-state index contributed by atoms with van der Waals surface area (Å²) in [5.74, 6) is -1.39. The van der Waals surface area contributed by atoms with Gasteiger partial charge >= 0.3 is 0 Å². The Bertz CT molecular complexity index is 858. The Hall–Kier alpha value is -1.93. The topological polar surface area (TPSA) is 89.9 Å². The van der Waals surface area contributed by atoms with Crippen LogP contribution < -0.4 is 5.32 Å². The fourth-order valence-corrected chi connectivity index (χ4v) is 4.40. The van der Waals surface area contributed by atoms with Crippen molar-refractivity contribution in [1.29, 1.82) is 0 Å². The molecule has 1 saturated heterocycles. The second kappa shape index (κ2) is 9.71. The number of likely N-dealkylation sites (tertiary alicyclic amines) is 1. The third-order valence-electron chi connectivity index (χ3n) is 5.17. The van der Waals surface area contributed by atoms with Crippen molar-refractivity contribution in [3.63, 3.8) is 0 Å². The van der Waals surface area contributed by atoms with Gasteiger partial charge in [0, 0.05) is 23.0 Å². The van der Waals surface area contributed by atoms with Gasteiger partial charge in [0.25, 0.3) is 11.8 Å². The molecule has 0 radical (unpaired) electrons. The molecule has 6 nitrogen and oxygen atoms in total. The maximum Gasteiger partial charge on any atom is 0.255 e. The maximum atomic E-state index is 12.8. The Balaban J connectivity index is 1.59. The molecule has 2 aromatic rings. The Kier molecular flexibility index (Phi) is 7.29. The number of aliphatic hydroxyl groups is 2. The smallest absolute Gasteiger partial charge is 0.255 e. The van der Waals surface area contributed by atoms with E-state index in [-0.39, 0.29) is 6.04 Å². The number of hydrogen-bond donors (Lipinski definition) is 3. The summed E-state index contributed by atoms with van der Waals surface area (Å²) < 4.78 is 0. The van der Waals surface area contributed by atoms with Gasteiger partial charge in [0.1, 0.15) is 0 Å². The molecule has 3 N–H and O–H groups in total. The lowest BCUT2D eigenvalue weighted by molar-refractivity contribution is -0.153. The van der Waals surface area contributed by atoms with E-state index in [9.17, 15) is 19.8 Å². The van der Waals surface area contributed by atoms with E-state index in [4.69, 9.17) is 11.6 Å². The van der Waals surface area contributed by atoms with Crippen molar-refractivity contribution in [2.45, 2.75) is 44.4 Å². The zero-order chi connectivity index (χ0) is 21.0. The van der Waals surface area contributed by atoms with Gasteiger partial charge < -0.3 is 20.4 Å². The molecule has 0 bridgehead atoms. The average Bonchev–Trinajstić information content (AvgIpc) is 3.40. The van der Waals surface area contributed by atoms with Gasteiger partial charge in [-0.15, -0.1) is 11.3 Å². The van der Waals surface area contributed by atoms with Crippen LogP contribution in [0.4, 0.5) is 0 Å². The summed E-state index contributed by atoms with van der Waals surface area (Å²) in [6.07, 6.45) is -1.44. The summed E-state index contributed by atoms with van der Waals surface area (Å²) in [6.45, 7) is 2.69. The number of aliphatic hydroxyl groups excluding tert-OH is 2. The zero-order valence-corrected chi connectivity index (χ0v) is 17.7. The first-order valence-electron chi connectivity index (χ1n) is 9.61. The fourth-order valence-electron chi connectivity index (χ4n) is 3.57. The van der Waals surface area contributed by atoms with Gasteiger partial charge in [-0.25, -0.2) is 0 Å². The highest BCUT2D eigenvalue weighted by molar-refractivity contribution is 7.09. The minimum absolute atomic E-state index is 0.206. The van der Waals surface area contributed by atoms with Crippen LogP contribution in [0.15, 0.2) is 35.7 Å². The van der Waals surface area contributed by atoms with Crippen LogP contribution in [0.25, 0.3) is 0 Å². The molecule has 1 aliphatic heterocycles. The van der Waals surface area contributed by atoms with Crippen molar-refractivity contribution in [2.24, 2.45) is 0 Å². The molecule has 0 aliphatic carbocycles. The molecule has 0 spiro atoms. The predicted octanol–water partition coefficient (Wildman–Crippen LogP) is 2.45. The van der Waals surface area contributed by atoms with Crippen LogP contribution in [-0.4, -0.2) is 52.2 Å². The number of amides is 2. The monoisotopic (exact) mass is 436 g/mol. The van der Waals surface area contributed by atoms with E-state index >= 15 is 0 Å². The van der Waals surface area contributed by atoms with E-state index in [1.54, 1.807) is 17.4 Å². The molecule has 1 aliphatic rings. The lowest BCUT2D eigenvalue weighted by Crippen LogP contribution is -2.50. The van der Waals surface area contributed by atoms with Crippen LogP contribution >= 0.6 is 22.9 Å². The number of nitrogens with one attached hydrogen (secondary N) is 1. The molecule has 2 amide bonds. The van der Waals surface area contributed by atoms with Crippen LogP contribution in [0.1, 0.15) is 34.9 Å². The minimum Gasteiger partial charge on any atom is -0.380 e. The average molecular weight is 437 g/mol. The Labute approximate surface area is 179 Å². The second-order valence-electron chi connectivity index (χ2n) is 7.21. The van der Waals surface area contributed by atoms with Crippen LogP contribution in [0, 0.1) is 6.92 Å². The highest BCUT2D eigenvalue weighted by Crippen LogP contribution is 2.34. The molecule has 0 saturated carbocycles. The maximum absolute atomic E-state index is 12.8. The van der Waals surface area contributed by atoms with E-state index in [0.717, 1.165) is 28.8 Å². The predicted molar refractivity (Wildman–Crippen MR) is 113 cm³/mol. The molecule has 1 fully saturated rings. The van der Waals surface area contributed by atoms with Gasteiger partial charge in [-0.2, -0.15) is 0 Å². The van der Waals surface area contributed by atoms with Gasteiger partial charge in [0.05, 0.1) is 6.04 Å². The van der Waals surface area contributed by atoms with Crippen molar-refractivity contribution >= 4 is 34.8 Å². The van der Waals surface area contributed by atoms with Gasteiger partial charge in [-0.05, 0) is 54.8 Å². The van der Waals surface area contributed by atoms with Crippen molar-refractivity contribution < 1.29 is 19.8 Å². The molecule has 1 unspecified atom stereocenters. The fraction of sp³-hybridized carbons (Fsp3) is 0.429. The van der Waals surface area contributed by atoms with Gasteiger partial charge in [-0.3, -0.25) is 9.59 Å². The first-order valence-corrected chi connectivity index (χ1v) is 10.9. The summed E-state index contributed by atoms with van der Waals surface area (Å²) in [7, 11) is 0. The molecule has 8 heteroatoms. The number of nitrogens with zero attached hydrogens (tertiary/aromatic N) is 1. The standard InChI is InChI=1S/C21H25ClN2O4S/c1-13-12-14(6-7-16(13)22)17-5-2-10-24(17)21(28)19(26)18(25)20(27)23-9-8-15-4-3-11-29-15/h3-4,6-7,11-12,17-19,25-26H,2,5,8-10H2,1H3,(H,23,27)/t17?,18-,19-/m1/s1. The molecule has 29 heavy (non-hydrogen) atoms. The van der Waals surface area contributed by atoms with Crippen molar-refractivity contribution in [1.82, 2.24) is 10.2 Å². The number of aryl methyl sites for hydroxylation is 1. The van der Waals surface area contributed by atoms with Gasteiger partial charge in [0.2, 0.25) is 0 Å². The van der Waals surface area contributed by atoms with E-state index in [2.05, 4.69) is 5.32 Å². The van der Waals surface area contributed by atoms with Crippen molar-refractivity contribution in [3.05, 3.63) is 56.7 Å². The molecular weight excluding hydrogens is 412 g/mol. The van der Waals surface area contributed by atoms with E-state index < -0.39 is 24.0 Å². The quantitative estimate of drug-likeness (QED) is 0.622. The first kappa shape index (κ1) is 21.8. The Morgan fingerprint density at radius 1 is 1.31 bits per heavy atom. The Morgan fingerprint density at radius 2 is 2.10 bits per heavy atom. The lowest BCUT2D eigenvalue weighted by Gasteiger charge is -2.29. The highest BCUT2D eigenvalue weighted by atomic mass is 35.5. The van der Waals surface area contributed by atoms with E-state index in [1.807, 2.05) is 36.6 Å². The van der Waals surface area contributed by atoms with E-state index in [1.165, 1.54) is 4.90 Å².